The molecule has 0 unspecified atom stereocenters. The summed E-state index contributed by atoms with van der Waals surface area (Å²) in [6.45, 7) is 4.83. The van der Waals surface area contributed by atoms with Crippen LogP contribution in [0.5, 0.6) is 5.75 Å². The third kappa shape index (κ3) is 5.50. The van der Waals surface area contributed by atoms with Gasteiger partial charge in [-0.05, 0) is 26.0 Å². The van der Waals surface area contributed by atoms with Gasteiger partial charge in [0.2, 0.25) is 0 Å². The maximum atomic E-state index is 5.66. The predicted molar refractivity (Wildman–Crippen MR) is 74.6 cm³/mol. The van der Waals surface area contributed by atoms with Gasteiger partial charge in [0.05, 0.1) is 11.9 Å². The third-order valence-corrected chi connectivity index (χ3v) is 2.72. The minimum atomic E-state index is 0.149. The van der Waals surface area contributed by atoms with Crippen molar-refractivity contribution in [3.05, 3.63) is 18.3 Å². The molecule has 3 nitrogen and oxygen atoms in total. The highest BCUT2D eigenvalue weighted by Gasteiger charge is 2.05. The molecule has 4 heteroatoms. The highest BCUT2D eigenvalue weighted by Crippen LogP contribution is 2.21. The lowest BCUT2D eigenvalue weighted by Crippen LogP contribution is -2.11. The van der Waals surface area contributed by atoms with E-state index in [2.05, 4.69) is 16.2 Å². The zero-order chi connectivity index (χ0) is 12.5. The fourth-order valence-corrected chi connectivity index (χ4v) is 1.75. The average molecular weight is 250 g/mol. The Labute approximate surface area is 107 Å². The zero-order valence-electron chi connectivity index (χ0n) is 10.3. The van der Waals surface area contributed by atoms with Gasteiger partial charge in [-0.1, -0.05) is 5.92 Å². The van der Waals surface area contributed by atoms with E-state index in [4.69, 9.17) is 11.2 Å². The summed E-state index contributed by atoms with van der Waals surface area (Å²) < 4.78 is 5.66. The number of aromatic nitrogens is 1. The van der Waals surface area contributed by atoms with Gasteiger partial charge in [0.25, 0.3) is 0 Å². The Bertz CT molecular complexity index is 374. The smallest absolute Gasteiger partial charge is 0.168 e. The molecule has 1 heterocycles. The van der Waals surface area contributed by atoms with E-state index in [1.54, 1.807) is 18.0 Å². The maximum absolute atomic E-state index is 5.66. The van der Waals surface area contributed by atoms with Gasteiger partial charge in [-0.2, -0.15) is 0 Å². The number of nitrogens with one attached hydrogen (secondary N) is 1. The fraction of sp³-hybridized carbons (Fsp3) is 0.462. The largest absolute Gasteiger partial charge is 0.487 e. The summed E-state index contributed by atoms with van der Waals surface area (Å²) in [6, 6.07) is 3.79. The molecule has 0 atom stereocenters. The SMILES string of the molecule is C#CCSCCNc1ncccc1OC(C)C. The van der Waals surface area contributed by atoms with Gasteiger partial charge in [-0.15, -0.1) is 18.2 Å². The molecule has 0 fully saturated rings. The van der Waals surface area contributed by atoms with Crippen LogP contribution in [0.3, 0.4) is 0 Å². The van der Waals surface area contributed by atoms with Gasteiger partial charge in [0.1, 0.15) is 0 Å². The van der Waals surface area contributed by atoms with E-state index >= 15 is 0 Å². The topological polar surface area (TPSA) is 34.2 Å². The monoisotopic (exact) mass is 250 g/mol. The van der Waals surface area contributed by atoms with Crippen molar-refractivity contribution in [2.75, 3.05) is 23.4 Å². The lowest BCUT2D eigenvalue weighted by Gasteiger charge is -2.14. The summed E-state index contributed by atoms with van der Waals surface area (Å²) in [5.74, 6) is 5.90. The molecule has 92 valence electrons. The summed E-state index contributed by atoms with van der Waals surface area (Å²) in [5, 5.41) is 3.25. The maximum Gasteiger partial charge on any atom is 0.168 e. The number of terminal acetylenes is 1. The zero-order valence-corrected chi connectivity index (χ0v) is 11.1. The molecule has 0 aliphatic heterocycles. The second kappa shape index (κ2) is 7.86. The van der Waals surface area contributed by atoms with Crippen LogP contribution >= 0.6 is 11.8 Å². The predicted octanol–water partition coefficient (Wildman–Crippen LogP) is 2.65. The van der Waals surface area contributed by atoms with E-state index in [1.165, 1.54) is 0 Å². The van der Waals surface area contributed by atoms with E-state index in [9.17, 15) is 0 Å². The normalized spacial score (nSPS) is 10.0. The second-order valence-corrected chi connectivity index (χ2v) is 4.81. The molecule has 0 spiro atoms. The van der Waals surface area contributed by atoms with Gasteiger partial charge in [0.15, 0.2) is 11.6 Å². The van der Waals surface area contributed by atoms with E-state index < -0.39 is 0 Å². The minimum absolute atomic E-state index is 0.149. The molecule has 0 aromatic carbocycles. The summed E-state index contributed by atoms with van der Waals surface area (Å²) in [7, 11) is 0. The first-order chi connectivity index (χ1) is 8.24. The van der Waals surface area contributed by atoms with Crippen molar-refractivity contribution in [3.8, 4) is 18.1 Å². The number of anilines is 1. The first-order valence-electron chi connectivity index (χ1n) is 5.60. The highest BCUT2D eigenvalue weighted by molar-refractivity contribution is 7.99. The number of pyridine rings is 1. The van der Waals surface area contributed by atoms with E-state index in [0.29, 0.717) is 0 Å². The van der Waals surface area contributed by atoms with Crippen molar-refractivity contribution in [1.29, 1.82) is 0 Å². The summed E-state index contributed by atoms with van der Waals surface area (Å²) in [5.41, 5.74) is 0. The van der Waals surface area contributed by atoms with E-state index in [1.807, 2.05) is 26.0 Å². The lowest BCUT2D eigenvalue weighted by molar-refractivity contribution is 0.243. The van der Waals surface area contributed by atoms with Gasteiger partial charge >= 0.3 is 0 Å². The highest BCUT2D eigenvalue weighted by atomic mass is 32.2. The molecule has 0 aliphatic carbocycles. The Kier molecular flexibility index (Phi) is 6.34. The molecule has 17 heavy (non-hydrogen) atoms. The Morgan fingerprint density at radius 2 is 2.41 bits per heavy atom. The Morgan fingerprint density at radius 1 is 1.59 bits per heavy atom. The molecule has 0 radical (unpaired) electrons. The summed E-state index contributed by atoms with van der Waals surface area (Å²) in [6.07, 6.45) is 7.08. The molecule has 1 rings (SSSR count). The summed E-state index contributed by atoms with van der Waals surface area (Å²) >= 11 is 1.73. The van der Waals surface area contributed by atoms with Gasteiger partial charge in [0, 0.05) is 18.5 Å². The number of ether oxygens (including phenoxy) is 1. The first-order valence-corrected chi connectivity index (χ1v) is 6.76. The van der Waals surface area contributed by atoms with Crippen LogP contribution in [0.15, 0.2) is 18.3 Å². The van der Waals surface area contributed by atoms with Crippen molar-refractivity contribution < 1.29 is 4.74 Å². The number of rotatable bonds is 7. The number of nitrogens with zero attached hydrogens (tertiary/aromatic N) is 1. The van der Waals surface area contributed by atoms with Crippen molar-refractivity contribution in [2.24, 2.45) is 0 Å². The average Bonchev–Trinajstić information content (AvgIpc) is 2.30. The van der Waals surface area contributed by atoms with Crippen molar-refractivity contribution in [1.82, 2.24) is 4.98 Å². The third-order valence-electron chi connectivity index (χ3n) is 1.86. The fourth-order valence-electron chi connectivity index (χ4n) is 1.25. The van der Waals surface area contributed by atoms with Crippen LogP contribution in [-0.2, 0) is 0 Å². The molecule has 1 aromatic rings. The second-order valence-electron chi connectivity index (χ2n) is 3.70. The minimum Gasteiger partial charge on any atom is -0.487 e. The molecule has 0 saturated heterocycles. The van der Waals surface area contributed by atoms with E-state index in [0.717, 1.165) is 29.6 Å². The molecule has 0 amide bonds. The van der Waals surface area contributed by atoms with Crippen molar-refractivity contribution >= 4 is 17.6 Å². The van der Waals surface area contributed by atoms with Crippen LogP contribution in [0.4, 0.5) is 5.82 Å². The Morgan fingerprint density at radius 3 is 3.12 bits per heavy atom. The van der Waals surface area contributed by atoms with E-state index in [-0.39, 0.29) is 6.10 Å². The quantitative estimate of drug-likeness (QED) is 0.596. The van der Waals surface area contributed by atoms with Gasteiger partial charge in [-0.25, -0.2) is 4.98 Å². The molecular formula is C13H18N2OS. The number of thioether (sulfide) groups is 1. The Balaban J connectivity index is 2.44. The number of hydrogen-bond acceptors (Lipinski definition) is 4. The molecule has 0 saturated carbocycles. The first kappa shape index (κ1) is 13.7. The number of hydrogen-bond donors (Lipinski definition) is 1. The van der Waals surface area contributed by atoms with Crippen LogP contribution in [0.25, 0.3) is 0 Å². The van der Waals surface area contributed by atoms with Gasteiger partial charge < -0.3 is 10.1 Å². The Hall–Kier alpha value is -1.34. The van der Waals surface area contributed by atoms with Crippen LogP contribution in [0, 0.1) is 12.3 Å². The lowest BCUT2D eigenvalue weighted by atomic mass is 10.4. The molecule has 1 N–H and O–H groups in total. The van der Waals surface area contributed by atoms with Crippen molar-refractivity contribution in [3.63, 3.8) is 0 Å². The summed E-state index contributed by atoms with van der Waals surface area (Å²) in [4.78, 5) is 4.26. The van der Waals surface area contributed by atoms with Crippen LogP contribution < -0.4 is 10.1 Å². The van der Waals surface area contributed by atoms with Crippen molar-refractivity contribution in [2.45, 2.75) is 20.0 Å². The van der Waals surface area contributed by atoms with Gasteiger partial charge in [-0.3, -0.25) is 0 Å². The van der Waals surface area contributed by atoms with Crippen LogP contribution in [0.2, 0.25) is 0 Å². The standard InChI is InChI=1S/C13H18N2OS/c1-4-9-17-10-8-15-13-12(16-11(2)3)6-5-7-14-13/h1,5-7,11H,8-10H2,2-3H3,(H,14,15). The molecule has 0 bridgehead atoms. The molecular weight excluding hydrogens is 232 g/mol. The van der Waals surface area contributed by atoms with Crippen LogP contribution in [-0.4, -0.2) is 29.1 Å². The molecule has 1 aromatic heterocycles. The van der Waals surface area contributed by atoms with Crippen LogP contribution in [0.1, 0.15) is 13.8 Å². The molecule has 0 aliphatic rings.